The van der Waals surface area contributed by atoms with Crippen molar-refractivity contribution in [2.24, 2.45) is 0 Å². The highest BCUT2D eigenvalue weighted by Crippen LogP contribution is 2.11. The topological polar surface area (TPSA) is 84.5 Å². The van der Waals surface area contributed by atoms with E-state index in [0.29, 0.717) is 6.61 Å². The van der Waals surface area contributed by atoms with Gasteiger partial charge in [-0.3, -0.25) is 4.79 Å². The van der Waals surface area contributed by atoms with Crippen LogP contribution in [0.5, 0.6) is 5.75 Å². The summed E-state index contributed by atoms with van der Waals surface area (Å²) in [6.07, 6.45) is 1.16. The molecule has 7 heteroatoms. The lowest BCUT2D eigenvalue weighted by atomic mass is 10.2. The van der Waals surface area contributed by atoms with E-state index in [4.69, 9.17) is 4.74 Å². The molecule has 0 bridgehead atoms. The van der Waals surface area contributed by atoms with Crippen LogP contribution in [0.1, 0.15) is 18.9 Å². The lowest BCUT2D eigenvalue weighted by Gasteiger charge is -2.15. The van der Waals surface area contributed by atoms with Crippen LogP contribution in [0, 0.1) is 6.92 Å². The van der Waals surface area contributed by atoms with Crippen LogP contribution in [0.3, 0.4) is 0 Å². The molecule has 1 aromatic rings. The highest BCUT2D eigenvalue weighted by Gasteiger charge is 2.09. The van der Waals surface area contributed by atoms with Gasteiger partial charge in [-0.1, -0.05) is 17.7 Å². The Hall–Kier alpha value is -1.60. The van der Waals surface area contributed by atoms with Crippen LogP contribution in [-0.2, 0) is 14.8 Å². The number of carbonyl (C=O) groups excluding carboxylic acids is 1. The van der Waals surface area contributed by atoms with Crippen molar-refractivity contribution in [1.29, 1.82) is 0 Å². The Balaban J connectivity index is 2.25. The van der Waals surface area contributed by atoms with Crippen molar-refractivity contribution >= 4 is 15.9 Å². The molecule has 6 nitrogen and oxygen atoms in total. The maximum absolute atomic E-state index is 11.6. The second-order valence-electron chi connectivity index (χ2n) is 5.01. The molecule has 0 aliphatic carbocycles. The second-order valence-corrected chi connectivity index (χ2v) is 6.84. The number of benzene rings is 1. The van der Waals surface area contributed by atoms with Crippen LogP contribution in [-0.4, -0.2) is 39.8 Å². The zero-order valence-corrected chi connectivity index (χ0v) is 13.4. The van der Waals surface area contributed by atoms with Crippen molar-refractivity contribution in [2.45, 2.75) is 26.3 Å². The fraction of sp³-hybridized carbons (Fsp3) is 0.500. The number of nitrogens with one attached hydrogen (secondary N) is 2. The molecular weight excluding hydrogens is 292 g/mol. The molecule has 0 aromatic heterocycles. The predicted molar refractivity (Wildman–Crippen MR) is 81.7 cm³/mol. The van der Waals surface area contributed by atoms with Gasteiger partial charge in [-0.15, -0.1) is 0 Å². The summed E-state index contributed by atoms with van der Waals surface area (Å²) in [6, 6.07) is 7.50. The van der Waals surface area contributed by atoms with E-state index in [1.54, 1.807) is 0 Å². The lowest BCUT2D eigenvalue weighted by Crippen LogP contribution is -2.38. The summed E-state index contributed by atoms with van der Waals surface area (Å²) in [5.41, 5.74) is 1.15. The number of carbonyl (C=O) groups is 1. The van der Waals surface area contributed by atoms with Crippen LogP contribution in [0.25, 0.3) is 0 Å². The molecule has 0 aliphatic heterocycles. The quantitative estimate of drug-likeness (QED) is 0.744. The Morgan fingerprint density at radius 1 is 1.29 bits per heavy atom. The molecule has 118 valence electrons. The Bertz CT molecular complexity index is 555. The van der Waals surface area contributed by atoms with Gasteiger partial charge in [-0.25, -0.2) is 13.1 Å². The van der Waals surface area contributed by atoms with Gasteiger partial charge in [-0.2, -0.15) is 0 Å². The highest BCUT2D eigenvalue weighted by molar-refractivity contribution is 7.88. The largest absolute Gasteiger partial charge is 0.491 e. The van der Waals surface area contributed by atoms with Gasteiger partial charge in [-0.05, 0) is 26.0 Å². The number of ether oxygens (including phenoxy) is 1. The number of rotatable bonds is 8. The van der Waals surface area contributed by atoms with Crippen LogP contribution in [0.2, 0.25) is 0 Å². The molecule has 0 saturated heterocycles. The summed E-state index contributed by atoms with van der Waals surface area (Å²) in [5, 5.41) is 2.75. The minimum Gasteiger partial charge on any atom is -0.491 e. The monoisotopic (exact) mass is 314 g/mol. The van der Waals surface area contributed by atoms with Crippen LogP contribution in [0.15, 0.2) is 24.3 Å². The maximum atomic E-state index is 11.6. The van der Waals surface area contributed by atoms with Gasteiger partial charge < -0.3 is 10.1 Å². The second kappa shape index (κ2) is 7.99. The first-order chi connectivity index (χ1) is 9.76. The van der Waals surface area contributed by atoms with Gasteiger partial charge in [0.15, 0.2) is 0 Å². The standard InChI is InChI=1S/C14H22N2O4S/c1-11-4-6-13(7-5-11)20-10-12(2)16-14(17)8-9-15-21(3,18)19/h4-7,12,15H,8-10H2,1-3H3,(H,16,17). The van der Waals surface area contributed by atoms with E-state index in [2.05, 4.69) is 10.0 Å². The summed E-state index contributed by atoms with van der Waals surface area (Å²) >= 11 is 0. The van der Waals surface area contributed by atoms with Crippen molar-refractivity contribution in [3.63, 3.8) is 0 Å². The smallest absolute Gasteiger partial charge is 0.221 e. The summed E-state index contributed by atoms with van der Waals surface area (Å²) in [4.78, 5) is 11.6. The van der Waals surface area contributed by atoms with Gasteiger partial charge in [0.05, 0.1) is 12.3 Å². The fourth-order valence-corrected chi connectivity index (χ4v) is 2.07. The van der Waals surface area contributed by atoms with Crippen LogP contribution >= 0.6 is 0 Å². The molecule has 0 saturated carbocycles. The average Bonchev–Trinajstić information content (AvgIpc) is 2.36. The molecular formula is C14H22N2O4S. The predicted octanol–water partition coefficient (Wildman–Crippen LogP) is 0.818. The molecule has 21 heavy (non-hydrogen) atoms. The van der Waals surface area contributed by atoms with Crippen molar-refractivity contribution < 1.29 is 17.9 Å². The van der Waals surface area contributed by atoms with E-state index < -0.39 is 10.0 Å². The normalized spacial score (nSPS) is 12.7. The lowest BCUT2D eigenvalue weighted by molar-refractivity contribution is -0.121. The summed E-state index contributed by atoms with van der Waals surface area (Å²) in [5.74, 6) is 0.534. The Morgan fingerprint density at radius 3 is 2.48 bits per heavy atom. The van der Waals surface area contributed by atoms with E-state index in [-0.39, 0.29) is 24.9 Å². The maximum Gasteiger partial charge on any atom is 0.221 e. The number of aryl methyl sites for hydroxylation is 1. The fourth-order valence-electron chi connectivity index (χ4n) is 1.59. The van der Waals surface area contributed by atoms with Crippen molar-refractivity contribution in [3.05, 3.63) is 29.8 Å². The first-order valence-electron chi connectivity index (χ1n) is 6.70. The van der Waals surface area contributed by atoms with E-state index in [1.807, 2.05) is 38.1 Å². The molecule has 0 spiro atoms. The molecule has 1 unspecified atom stereocenters. The highest BCUT2D eigenvalue weighted by atomic mass is 32.2. The Labute approximate surface area is 125 Å². The summed E-state index contributed by atoms with van der Waals surface area (Å²) < 4.78 is 29.5. The summed E-state index contributed by atoms with van der Waals surface area (Å²) in [7, 11) is -3.25. The van der Waals surface area contributed by atoms with E-state index >= 15 is 0 Å². The van der Waals surface area contributed by atoms with Gasteiger partial charge in [0.1, 0.15) is 12.4 Å². The Morgan fingerprint density at radius 2 is 1.90 bits per heavy atom. The van der Waals surface area contributed by atoms with Crippen LogP contribution in [0.4, 0.5) is 0 Å². The van der Waals surface area contributed by atoms with Gasteiger partial charge in [0, 0.05) is 13.0 Å². The van der Waals surface area contributed by atoms with Crippen LogP contribution < -0.4 is 14.8 Å². The average molecular weight is 314 g/mol. The molecule has 1 amide bonds. The molecule has 0 aliphatic rings. The third kappa shape index (κ3) is 8.31. The minimum atomic E-state index is -3.25. The molecule has 1 aromatic carbocycles. The van der Waals surface area contributed by atoms with Gasteiger partial charge in [0.25, 0.3) is 0 Å². The number of sulfonamides is 1. The zero-order chi connectivity index (χ0) is 15.9. The molecule has 2 N–H and O–H groups in total. The summed E-state index contributed by atoms with van der Waals surface area (Å²) in [6.45, 7) is 4.28. The minimum absolute atomic E-state index is 0.0935. The van der Waals surface area contributed by atoms with Crippen molar-refractivity contribution in [1.82, 2.24) is 10.0 Å². The molecule has 0 radical (unpaired) electrons. The van der Waals surface area contributed by atoms with E-state index in [0.717, 1.165) is 17.6 Å². The number of amides is 1. The Kier molecular flexibility index (Phi) is 6.64. The van der Waals surface area contributed by atoms with E-state index in [1.165, 1.54) is 0 Å². The van der Waals surface area contributed by atoms with Crippen molar-refractivity contribution in [3.8, 4) is 5.75 Å². The van der Waals surface area contributed by atoms with E-state index in [9.17, 15) is 13.2 Å². The third-order valence-electron chi connectivity index (χ3n) is 2.64. The van der Waals surface area contributed by atoms with Crippen molar-refractivity contribution in [2.75, 3.05) is 19.4 Å². The molecule has 1 rings (SSSR count). The SMILES string of the molecule is Cc1ccc(OCC(C)NC(=O)CCNS(C)(=O)=O)cc1. The number of hydrogen-bond donors (Lipinski definition) is 2. The zero-order valence-electron chi connectivity index (χ0n) is 12.5. The first kappa shape index (κ1) is 17.5. The van der Waals surface area contributed by atoms with Gasteiger partial charge >= 0.3 is 0 Å². The first-order valence-corrected chi connectivity index (χ1v) is 8.59. The molecule has 0 fully saturated rings. The molecule has 1 atom stereocenters. The molecule has 0 heterocycles. The third-order valence-corrected chi connectivity index (χ3v) is 3.37. The number of hydrogen-bond acceptors (Lipinski definition) is 4. The van der Waals surface area contributed by atoms with Gasteiger partial charge in [0.2, 0.25) is 15.9 Å².